The van der Waals surface area contributed by atoms with E-state index in [4.69, 9.17) is 4.98 Å². The van der Waals surface area contributed by atoms with Gasteiger partial charge in [0.15, 0.2) is 11.2 Å². The van der Waals surface area contributed by atoms with Crippen LogP contribution in [0.25, 0.3) is 11.2 Å². The molecule has 1 N–H and O–H groups in total. The average molecular weight is 475 g/mol. The van der Waals surface area contributed by atoms with Gasteiger partial charge in [-0.15, -0.1) is 0 Å². The molecule has 9 heteroatoms. The molecule has 1 aliphatic rings. The third-order valence-electron chi connectivity index (χ3n) is 5.51. The van der Waals surface area contributed by atoms with Crippen LogP contribution in [0.3, 0.4) is 0 Å². The molecule has 30 heavy (non-hydrogen) atoms. The summed E-state index contributed by atoms with van der Waals surface area (Å²) in [6, 6.07) is 8.43. The van der Waals surface area contributed by atoms with E-state index in [0.717, 1.165) is 43.1 Å². The Balaban J connectivity index is 1.59. The number of anilines is 1. The van der Waals surface area contributed by atoms with Gasteiger partial charge >= 0.3 is 5.69 Å². The van der Waals surface area contributed by atoms with E-state index in [1.54, 1.807) is 7.05 Å². The molecular formula is C21H27BrN6O2. The van der Waals surface area contributed by atoms with Gasteiger partial charge in [0.2, 0.25) is 5.95 Å². The first-order valence-electron chi connectivity index (χ1n) is 10.2. The van der Waals surface area contributed by atoms with Crippen molar-refractivity contribution in [3.05, 3.63) is 55.1 Å². The normalized spacial score (nSPS) is 15.4. The van der Waals surface area contributed by atoms with Gasteiger partial charge in [-0.1, -0.05) is 41.9 Å². The molecule has 0 radical (unpaired) electrons. The van der Waals surface area contributed by atoms with Crippen LogP contribution in [0.2, 0.25) is 0 Å². The molecule has 1 aliphatic heterocycles. The number of benzene rings is 1. The number of rotatable bonds is 5. The molecule has 2 aromatic heterocycles. The zero-order chi connectivity index (χ0) is 21.4. The number of H-pyrrole nitrogens is 1. The minimum absolute atomic E-state index is 0.344. The molecule has 0 spiro atoms. The minimum Gasteiger partial charge on any atom is -0.340 e. The number of nitrogens with zero attached hydrogens (tertiary/aromatic N) is 5. The summed E-state index contributed by atoms with van der Waals surface area (Å²) >= 11 is 3.48. The number of halogens is 1. The number of aryl methyl sites for hydroxylation is 1. The summed E-state index contributed by atoms with van der Waals surface area (Å²) in [6.45, 7) is 9.29. The monoisotopic (exact) mass is 474 g/mol. The Bertz CT molecular complexity index is 1150. The second-order valence-corrected chi connectivity index (χ2v) is 9.21. The Morgan fingerprint density at radius 1 is 1.10 bits per heavy atom. The van der Waals surface area contributed by atoms with Crippen LogP contribution in [-0.4, -0.2) is 50.2 Å². The molecule has 3 heterocycles. The van der Waals surface area contributed by atoms with Crippen LogP contribution >= 0.6 is 15.9 Å². The molecule has 1 aromatic carbocycles. The van der Waals surface area contributed by atoms with Crippen molar-refractivity contribution in [2.45, 2.75) is 26.9 Å². The lowest BCUT2D eigenvalue weighted by molar-refractivity contribution is 0.248. The second kappa shape index (κ2) is 8.39. The Morgan fingerprint density at radius 3 is 2.40 bits per heavy atom. The highest BCUT2D eigenvalue weighted by molar-refractivity contribution is 9.10. The third-order valence-corrected chi connectivity index (χ3v) is 6.04. The molecule has 1 fully saturated rings. The molecule has 0 bridgehead atoms. The van der Waals surface area contributed by atoms with Crippen LogP contribution in [0.15, 0.2) is 38.3 Å². The van der Waals surface area contributed by atoms with E-state index < -0.39 is 5.69 Å². The molecule has 0 saturated carbocycles. The summed E-state index contributed by atoms with van der Waals surface area (Å²) in [5.41, 5.74) is 1.39. The maximum Gasteiger partial charge on any atom is 0.329 e. The average Bonchev–Trinajstić information content (AvgIpc) is 3.08. The van der Waals surface area contributed by atoms with Crippen LogP contribution < -0.4 is 16.1 Å². The van der Waals surface area contributed by atoms with E-state index in [1.807, 2.05) is 4.57 Å². The van der Waals surface area contributed by atoms with Gasteiger partial charge < -0.3 is 9.47 Å². The lowest BCUT2D eigenvalue weighted by atomic mass is 10.2. The van der Waals surface area contributed by atoms with Gasteiger partial charge in [0, 0.05) is 50.8 Å². The van der Waals surface area contributed by atoms with Crippen molar-refractivity contribution in [3.8, 4) is 0 Å². The Hall–Kier alpha value is -2.39. The quantitative estimate of drug-likeness (QED) is 0.612. The highest BCUT2D eigenvalue weighted by Crippen LogP contribution is 2.23. The fourth-order valence-corrected chi connectivity index (χ4v) is 4.22. The van der Waals surface area contributed by atoms with E-state index in [-0.39, 0.29) is 5.56 Å². The molecule has 8 nitrogen and oxygen atoms in total. The zero-order valence-electron chi connectivity index (χ0n) is 17.6. The number of fused-ring (bicyclic) bond motifs is 1. The number of imidazole rings is 1. The number of piperazine rings is 1. The standard InChI is InChI=1S/C21H27BrN6O2/c1-14(2)12-28-17-18(25(3)21(30)24-19(17)29)23-20(28)27-10-8-26(9-11-27)13-15-4-6-16(22)7-5-15/h4-7,14H,8-13H2,1-3H3,(H,24,29,30). The number of hydrogen-bond donors (Lipinski definition) is 1. The first-order chi connectivity index (χ1) is 14.3. The van der Waals surface area contributed by atoms with Gasteiger partial charge in [0.1, 0.15) is 0 Å². The van der Waals surface area contributed by atoms with E-state index in [9.17, 15) is 9.59 Å². The zero-order valence-corrected chi connectivity index (χ0v) is 19.1. The lowest BCUT2D eigenvalue weighted by Crippen LogP contribution is -2.47. The van der Waals surface area contributed by atoms with Crippen molar-refractivity contribution in [2.24, 2.45) is 13.0 Å². The highest BCUT2D eigenvalue weighted by atomic mass is 79.9. The van der Waals surface area contributed by atoms with Crippen molar-refractivity contribution in [2.75, 3.05) is 31.1 Å². The number of aromatic amines is 1. The van der Waals surface area contributed by atoms with Crippen LogP contribution in [-0.2, 0) is 20.1 Å². The van der Waals surface area contributed by atoms with Crippen molar-refractivity contribution >= 4 is 33.0 Å². The summed E-state index contributed by atoms with van der Waals surface area (Å²) < 4.78 is 4.48. The van der Waals surface area contributed by atoms with Crippen LogP contribution in [0, 0.1) is 5.92 Å². The maximum atomic E-state index is 12.6. The molecule has 0 unspecified atom stereocenters. The first kappa shape index (κ1) is 20.9. The van der Waals surface area contributed by atoms with Gasteiger partial charge in [-0.25, -0.2) is 4.79 Å². The molecular weight excluding hydrogens is 448 g/mol. The van der Waals surface area contributed by atoms with Crippen LogP contribution in [0.5, 0.6) is 0 Å². The molecule has 0 amide bonds. The number of hydrogen-bond acceptors (Lipinski definition) is 5. The fourth-order valence-electron chi connectivity index (χ4n) is 3.96. The van der Waals surface area contributed by atoms with E-state index in [0.29, 0.717) is 23.6 Å². The van der Waals surface area contributed by atoms with E-state index in [1.165, 1.54) is 10.1 Å². The summed E-state index contributed by atoms with van der Waals surface area (Å²) in [5.74, 6) is 1.12. The van der Waals surface area contributed by atoms with Gasteiger partial charge in [0.05, 0.1) is 0 Å². The first-order valence-corrected chi connectivity index (χ1v) is 11.0. The minimum atomic E-state index is -0.437. The Labute approximate surface area is 183 Å². The maximum absolute atomic E-state index is 12.6. The summed E-state index contributed by atoms with van der Waals surface area (Å²) in [7, 11) is 1.65. The van der Waals surface area contributed by atoms with Gasteiger partial charge in [-0.2, -0.15) is 4.98 Å². The van der Waals surface area contributed by atoms with Gasteiger partial charge in [-0.3, -0.25) is 19.2 Å². The SMILES string of the molecule is CC(C)Cn1c(N2CCN(Cc3ccc(Br)cc3)CC2)nc2c1c(=O)[nH]c(=O)n2C. The van der Waals surface area contributed by atoms with Gasteiger partial charge in [-0.05, 0) is 23.6 Å². The molecule has 160 valence electrons. The second-order valence-electron chi connectivity index (χ2n) is 8.30. The molecule has 3 aromatic rings. The molecule has 4 rings (SSSR count). The third kappa shape index (κ3) is 4.09. The van der Waals surface area contributed by atoms with Gasteiger partial charge in [0.25, 0.3) is 5.56 Å². The summed E-state index contributed by atoms with van der Waals surface area (Å²) in [4.78, 5) is 36.4. The summed E-state index contributed by atoms with van der Waals surface area (Å²) in [6.07, 6.45) is 0. The van der Waals surface area contributed by atoms with Crippen molar-refractivity contribution in [1.82, 2.24) is 24.0 Å². The molecule has 0 aliphatic carbocycles. The largest absolute Gasteiger partial charge is 0.340 e. The van der Waals surface area contributed by atoms with Crippen LogP contribution in [0.1, 0.15) is 19.4 Å². The smallest absolute Gasteiger partial charge is 0.329 e. The highest BCUT2D eigenvalue weighted by Gasteiger charge is 2.25. The molecule has 1 saturated heterocycles. The van der Waals surface area contributed by atoms with E-state index in [2.05, 4.69) is 68.8 Å². The number of aromatic nitrogens is 4. The van der Waals surface area contributed by atoms with Crippen molar-refractivity contribution < 1.29 is 0 Å². The molecule has 0 atom stereocenters. The van der Waals surface area contributed by atoms with E-state index >= 15 is 0 Å². The lowest BCUT2D eigenvalue weighted by Gasteiger charge is -2.35. The fraction of sp³-hybridized carbons (Fsp3) is 0.476. The Kier molecular flexibility index (Phi) is 5.84. The predicted molar refractivity (Wildman–Crippen MR) is 122 cm³/mol. The Morgan fingerprint density at radius 2 is 1.77 bits per heavy atom. The van der Waals surface area contributed by atoms with Crippen LogP contribution in [0.4, 0.5) is 5.95 Å². The van der Waals surface area contributed by atoms with Crippen molar-refractivity contribution in [1.29, 1.82) is 0 Å². The topological polar surface area (TPSA) is 79.2 Å². The van der Waals surface area contributed by atoms with Crippen molar-refractivity contribution in [3.63, 3.8) is 0 Å². The predicted octanol–water partition coefficient (Wildman–Crippen LogP) is 2.16. The number of nitrogens with one attached hydrogen (secondary N) is 1. The summed E-state index contributed by atoms with van der Waals surface area (Å²) in [5, 5.41) is 0.